The number of carbonyl (C=O) groups excluding carboxylic acids is 1. The molecule has 7 heteroatoms. The third-order valence-electron chi connectivity index (χ3n) is 3.14. The van der Waals surface area contributed by atoms with Crippen LogP contribution in [-0.4, -0.2) is 61.3 Å². The van der Waals surface area contributed by atoms with Gasteiger partial charge in [0.1, 0.15) is 11.3 Å². The van der Waals surface area contributed by atoms with Gasteiger partial charge in [-0.25, -0.2) is 9.37 Å². The predicted octanol–water partition coefficient (Wildman–Crippen LogP) is 1.44. The van der Waals surface area contributed by atoms with E-state index in [0.717, 1.165) is 0 Å². The van der Waals surface area contributed by atoms with Gasteiger partial charge in [-0.2, -0.15) is 0 Å². The average Bonchev–Trinajstić information content (AvgIpc) is 2.94. The number of benzene rings is 1. The van der Waals surface area contributed by atoms with Crippen molar-refractivity contribution in [2.75, 3.05) is 40.5 Å². The van der Waals surface area contributed by atoms with Crippen molar-refractivity contribution in [3.8, 4) is 0 Å². The van der Waals surface area contributed by atoms with Crippen LogP contribution in [0.5, 0.6) is 0 Å². The number of rotatable bonds is 7. The second-order valence-corrected chi connectivity index (χ2v) is 4.53. The monoisotopic (exact) mass is 295 g/mol. The minimum Gasteiger partial charge on any atom is -0.383 e. The van der Waals surface area contributed by atoms with Crippen molar-refractivity contribution in [2.45, 2.75) is 0 Å². The number of hydrogen-bond acceptors (Lipinski definition) is 4. The van der Waals surface area contributed by atoms with E-state index in [1.165, 1.54) is 18.5 Å². The molecular formula is C14H18FN3O3. The summed E-state index contributed by atoms with van der Waals surface area (Å²) in [6.45, 7) is 1.60. The van der Waals surface area contributed by atoms with Gasteiger partial charge in [0.05, 0.1) is 30.6 Å². The molecule has 1 N–H and O–H groups in total. The maximum absolute atomic E-state index is 13.6. The van der Waals surface area contributed by atoms with Gasteiger partial charge in [0.25, 0.3) is 5.91 Å². The molecule has 2 aromatic rings. The molecule has 6 nitrogen and oxygen atoms in total. The van der Waals surface area contributed by atoms with Gasteiger partial charge in [-0.05, 0) is 12.1 Å². The number of nitrogens with zero attached hydrogens (tertiary/aromatic N) is 2. The summed E-state index contributed by atoms with van der Waals surface area (Å²) in [6.07, 6.45) is 1.44. The van der Waals surface area contributed by atoms with Gasteiger partial charge in [-0.1, -0.05) is 0 Å². The van der Waals surface area contributed by atoms with E-state index < -0.39 is 5.82 Å². The summed E-state index contributed by atoms with van der Waals surface area (Å²) in [5, 5.41) is 0. The first kappa shape index (κ1) is 15.4. The Hall–Kier alpha value is -1.99. The van der Waals surface area contributed by atoms with Crippen molar-refractivity contribution in [3.63, 3.8) is 0 Å². The SMILES string of the molecule is COCCN(CCOC)C(=O)c1cc(F)cc2[nH]cnc12. The summed E-state index contributed by atoms with van der Waals surface area (Å²) in [6, 6.07) is 2.52. The highest BCUT2D eigenvalue weighted by atomic mass is 19.1. The van der Waals surface area contributed by atoms with Gasteiger partial charge in [0.2, 0.25) is 0 Å². The molecule has 2 rings (SSSR count). The number of halogens is 1. The van der Waals surface area contributed by atoms with Crippen LogP contribution in [-0.2, 0) is 9.47 Å². The van der Waals surface area contributed by atoms with E-state index in [4.69, 9.17) is 9.47 Å². The molecule has 0 bridgehead atoms. The topological polar surface area (TPSA) is 67.5 Å². The Morgan fingerprint density at radius 1 is 1.29 bits per heavy atom. The Kier molecular flexibility index (Phi) is 5.24. The van der Waals surface area contributed by atoms with Crippen molar-refractivity contribution >= 4 is 16.9 Å². The Labute approximate surface area is 121 Å². The molecule has 1 aromatic carbocycles. The molecule has 1 amide bonds. The average molecular weight is 295 g/mol. The fourth-order valence-corrected chi connectivity index (χ4v) is 2.07. The molecule has 1 heterocycles. The van der Waals surface area contributed by atoms with E-state index in [1.54, 1.807) is 19.1 Å². The van der Waals surface area contributed by atoms with Crippen LogP contribution in [0.15, 0.2) is 18.5 Å². The molecule has 0 radical (unpaired) electrons. The lowest BCUT2D eigenvalue weighted by molar-refractivity contribution is 0.0628. The Balaban J connectivity index is 2.30. The van der Waals surface area contributed by atoms with Crippen LogP contribution in [0, 0.1) is 5.82 Å². The quantitative estimate of drug-likeness (QED) is 0.839. The Bertz CT molecular complexity index is 607. The number of nitrogens with one attached hydrogen (secondary N) is 1. The van der Waals surface area contributed by atoms with Crippen molar-refractivity contribution in [3.05, 3.63) is 29.8 Å². The molecule has 0 aliphatic carbocycles. The number of amides is 1. The molecule has 0 saturated carbocycles. The number of H-pyrrole nitrogens is 1. The normalized spacial score (nSPS) is 11.0. The molecule has 21 heavy (non-hydrogen) atoms. The number of aromatic amines is 1. The minimum absolute atomic E-state index is 0.235. The number of aromatic nitrogens is 2. The fourth-order valence-electron chi connectivity index (χ4n) is 2.07. The second kappa shape index (κ2) is 7.14. The van der Waals surface area contributed by atoms with E-state index in [1.807, 2.05) is 0 Å². The van der Waals surface area contributed by atoms with E-state index in [0.29, 0.717) is 37.3 Å². The molecule has 114 valence electrons. The van der Waals surface area contributed by atoms with Gasteiger partial charge in [0, 0.05) is 27.3 Å². The highest BCUT2D eigenvalue weighted by Crippen LogP contribution is 2.19. The number of ether oxygens (including phenoxy) is 2. The molecule has 0 aliphatic rings. The summed E-state index contributed by atoms with van der Waals surface area (Å²) < 4.78 is 23.6. The summed E-state index contributed by atoms with van der Waals surface area (Å²) >= 11 is 0. The standard InChI is InChI=1S/C14H18FN3O3/c1-20-5-3-18(4-6-21-2)14(19)11-7-10(15)8-12-13(11)17-9-16-12/h7-9H,3-6H2,1-2H3,(H,16,17). The molecule has 0 spiro atoms. The first-order valence-electron chi connectivity index (χ1n) is 6.57. The van der Waals surface area contributed by atoms with Crippen LogP contribution in [0.1, 0.15) is 10.4 Å². The van der Waals surface area contributed by atoms with Crippen molar-refractivity contribution in [1.29, 1.82) is 0 Å². The number of methoxy groups -OCH3 is 2. The third kappa shape index (κ3) is 3.56. The van der Waals surface area contributed by atoms with Gasteiger partial charge < -0.3 is 19.4 Å². The first-order chi connectivity index (χ1) is 10.2. The van der Waals surface area contributed by atoms with Gasteiger partial charge >= 0.3 is 0 Å². The zero-order valence-electron chi connectivity index (χ0n) is 12.1. The van der Waals surface area contributed by atoms with Gasteiger partial charge in [-0.15, -0.1) is 0 Å². The lowest BCUT2D eigenvalue weighted by Crippen LogP contribution is -2.36. The van der Waals surface area contributed by atoms with E-state index in [-0.39, 0.29) is 11.5 Å². The number of imidazole rings is 1. The third-order valence-corrected chi connectivity index (χ3v) is 3.14. The largest absolute Gasteiger partial charge is 0.383 e. The molecule has 0 unspecified atom stereocenters. The zero-order chi connectivity index (χ0) is 15.2. The molecule has 1 aromatic heterocycles. The van der Waals surface area contributed by atoms with Crippen LogP contribution < -0.4 is 0 Å². The first-order valence-corrected chi connectivity index (χ1v) is 6.57. The molecule has 0 fully saturated rings. The molecule has 0 atom stereocenters. The van der Waals surface area contributed by atoms with Crippen LogP contribution in [0.2, 0.25) is 0 Å². The lowest BCUT2D eigenvalue weighted by Gasteiger charge is -2.22. The van der Waals surface area contributed by atoms with E-state index >= 15 is 0 Å². The Morgan fingerprint density at radius 3 is 2.57 bits per heavy atom. The summed E-state index contributed by atoms with van der Waals surface area (Å²) in [5.41, 5.74) is 1.19. The summed E-state index contributed by atoms with van der Waals surface area (Å²) in [7, 11) is 3.13. The van der Waals surface area contributed by atoms with Crippen molar-refractivity contribution in [1.82, 2.24) is 14.9 Å². The fraction of sp³-hybridized carbons (Fsp3) is 0.429. The highest BCUT2D eigenvalue weighted by molar-refractivity contribution is 6.04. The lowest BCUT2D eigenvalue weighted by atomic mass is 10.1. The maximum Gasteiger partial charge on any atom is 0.256 e. The smallest absolute Gasteiger partial charge is 0.256 e. The molecular weight excluding hydrogens is 277 g/mol. The Morgan fingerprint density at radius 2 is 1.95 bits per heavy atom. The van der Waals surface area contributed by atoms with Crippen LogP contribution in [0.25, 0.3) is 11.0 Å². The number of fused-ring (bicyclic) bond motifs is 1. The second-order valence-electron chi connectivity index (χ2n) is 4.53. The van der Waals surface area contributed by atoms with Crippen molar-refractivity contribution < 1.29 is 18.7 Å². The summed E-state index contributed by atoms with van der Waals surface area (Å²) in [4.78, 5) is 21.1. The van der Waals surface area contributed by atoms with E-state index in [9.17, 15) is 9.18 Å². The molecule has 0 saturated heterocycles. The number of carbonyl (C=O) groups is 1. The van der Waals surface area contributed by atoms with Crippen LogP contribution >= 0.6 is 0 Å². The van der Waals surface area contributed by atoms with Crippen LogP contribution in [0.3, 0.4) is 0 Å². The number of hydrogen-bond donors (Lipinski definition) is 1. The van der Waals surface area contributed by atoms with Crippen molar-refractivity contribution in [2.24, 2.45) is 0 Å². The highest BCUT2D eigenvalue weighted by Gasteiger charge is 2.20. The van der Waals surface area contributed by atoms with Gasteiger partial charge in [-0.3, -0.25) is 4.79 Å². The maximum atomic E-state index is 13.6. The van der Waals surface area contributed by atoms with E-state index in [2.05, 4.69) is 9.97 Å². The van der Waals surface area contributed by atoms with Gasteiger partial charge in [0.15, 0.2) is 0 Å². The van der Waals surface area contributed by atoms with Crippen LogP contribution in [0.4, 0.5) is 4.39 Å². The minimum atomic E-state index is -0.478. The summed E-state index contributed by atoms with van der Waals surface area (Å²) in [5.74, 6) is -0.769. The molecule has 0 aliphatic heterocycles. The zero-order valence-corrected chi connectivity index (χ0v) is 12.1. The predicted molar refractivity (Wildman–Crippen MR) is 75.7 cm³/mol.